The molecule has 0 heterocycles. The molecule has 0 aromatic heterocycles. The summed E-state index contributed by atoms with van der Waals surface area (Å²) in [5.74, 6) is -2.84. The van der Waals surface area contributed by atoms with Crippen LogP contribution in [0.5, 0.6) is 0 Å². The van der Waals surface area contributed by atoms with Crippen LogP contribution in [0.4, 0.5) is 0 Å². The molecule has 0 aliphatic rings. The second kappa shape index (κ2) is 10.0. The summed E-state index contributed by atoms with van der Waals surface area (Å²) < 4.78 is 0. The minimum atomic E-state index is -1.66. The van der Waals surface area contributed by atoms with E-state index in [1.54, 1.807) is 6.92 Å². The molecule has 2 N–H and O–H groups in total. The molecule has 0 radical (unpaired) electrons. The average molecular weight is 286 g/mol. The van der Waals surface area contributed by atoms with Gasteiger partial charge in [-0.05, 0) is 19.3 Å². The molecular weight excluding hydrogens is 260 g/mol. The summed E-state index contributed by atoms with van der Waals surface area (Å²) in [5.41, 5.74) is -1.66. The first kappa shape index (κ1) is 20.5. The molecular formula is C13H26CaO4. The van der Waals surface area contributed by atoms with Crippen molar-refractivity contribution in [3.63, 3.8) is 0 Å². The Morgan fingerprint density at radius 1 is 1.06 bits per heavy atom. The molecule has 0 aliphatic heterocycles. The fourth-order valence-corrected chi connectivity index (χ4v) is 1.86. The molecule has 1 unspecified atom stereocenters. The molecule has 0 saturated carbocycles. The van der Waals surface area contributed by atoms with Crippen molar-refractivity contribution in [1.82, 2.24) is 0 Å². The summed E-state index contributed by atoms with van der Waals surface area (Å²) in [6, 6.07) is 0. The monoisotopic (exact) mass is 286 g/mol. The summed E-state index contributed by atoms with van der Waals surface area (Å²) in [4.78, 5) is 22.1. The Morgan fingerprint density at radius 3 is 1.89 bits per heavy atom. The van der Waals surface area contributed by atoms with Crippen LogP contribution in [0.1, 0.15) is 59.3 Å². The third-order valence-corrected chi connectivity index (χ3v) is 3.61. The Balaban J connectivity index is 0. The van der Waals surface area contributed by atoms with Gasteiger partial charge in [-0.1, -0.05) is 46.0 Å². The van der Waals surface area contributed by atoms with E-state index in [1.807, 2.05) is 0 Å². The van der Waals surface area contributed by atoms with Crippen molar-refractivity contribution in [3.8, 4) is 0 Å². The van der Waals surface area contributed by atoms with Crippen molar-refractivity contribution < 1.29 is 19.8 Å². The molecule has 0 bridgehead atoms. The van der Waals surface area contributed by atoms with Crippen LogP contribution in [0.3, 0.4) is 0 Å². The zero-order valence-electron chi connectivity index (χ0n) is 11.0. The van der Waals surface area contributed by atoms with E-state index in [9.17, 15) is 9.59 Å². The van der Waals surface area contributed by atoms with Crippen LogP contribution >= 0.6 is 0 Å². The fraction of sp³-hybridized carbons (Fsp3) is 0.846. The van der Waals surface area contributed by atoms with Crippen LogP contribution in [0, 0.1) is 11.3 Å². The van der Waals surface area contributed by atoms with Gasteiger partial charge in [-0.25, -0.2) is 0 Å². The van der Waals surface area contributed by atoms with Gasteiger partial charge in [0.15, 0.2) is 5.41 Å². The van der Waals surface area contributed by atoms with Crippen molar-refractivity contribution in [2.24, 2.45) is 11.3 Å². The van der Waals surface area contributed by atoms with Gasteiger partial charge in [0.1, 0.15) is 0 Å². The van der Waals surface area contributed by atoms with Crippen molar-refractivity contribution >= 4 is 49.7 Å². The number of carboxylic acids is 2. The van der Waals surface area contributed by atoms with Crippen LogP contribution < -0.4 is 0 Å². The Morgan fingerprint density at radius 2 is 1.50 bits per heavy atom. The van der Waals surface area contributed by atoms with Gasteiger partial charge in [0, 0.05) is 0 Å². The molecule has 104 valence electrons. The van der Waals surface area contributed by atoms with E-state index in [1.165, 1.54) is 13.3 Å². The third-order valence-electron chi connectivity index (χ3n) is 3.61. The maximum atomic E-state index is 11.1. The van der Waals surface area contributed by atoms with Crippen LogP contribution in [0.25, 0.3) is 0 Å². The van der Waals surface area contributed by atoms with Crippen LogP contribution in [-0.4, -0.2) is 59.9 Å². The zero-order chi connectivity index (χ0) is 13.5. The van der Waals surface area contributed by atoms with Gasteiger partial charge in [0.25, 0.3) is 0 Å². The molecule has 0 rings (SSSR count). The molecule has 4 nitrogen and oxygen atoms in total. The summed E-state index contributed by atoms with van der Waals surface area (Å²) in [5, 5.41) is 18.1. The van der Waals surface area contributed by atoms with Gasteiger partial charge < -0.3 is 10.2 Å². The molecule has 0 amide bonds. The number of carbonyl (C=O) groups is 2. The molecule has 0 saturated heterocycles. The van der Waals surface area contributed by atoms with Gasteiger partial charge in [-0.3, -0.25) is 9.59 Å². The first-order valence-corrected chi connectivity index (χ1v) is 6.34. The first-order chi connectivity index (χ1) is 7.87. The van der Waals surface area contributed by atoms with Gasteiger partial charge in [-0.2, -0.15) is 0 Å². The Hall–Kier alpha value is 0.200. The molecule has 0 aromatic rings. The quantitative estimate of drug-likeness (QED) is 0.387. The molecule has 0 aliphatic carbocycles. The van der Waals surface area contributed by atoms with Crippen molar-refractivity contribution in [1.29, 1.82) is 0 Å². The van der Waals surface area contributed by atoms with Gasteiger partial charge in [0.05, 0.1) is 0 Å². The molecule has 5 heteroatoms. The second-order valence-corrected chi connectivity index (χ2v) is 4.92. The summed E-state index contributed by atoms with van der Waals surface area (Å²) in [6.45, 7) is 5.14. The van der Waals surface area contributed by atoms with Crippen LogP contribution in [-0.2, 0) is 9.59 Å². The molecule has 0 fully saturated rings. The second-order valence-electron chi connectivity index (χ2n) is 4.92. The topological polar surface area (TPSA) is 74.6 Å². The summed E-state index contributed by atoms with van der Waals surface area (Å²) >= 11 is 0. The molecule has 1 atom stereocenters. The number of carboxylic acid groups (broad SMARTS) is 2. The SMILES string of the molecule is CCCCCCCC(C)C(C)(C(=O)O)C(=O)O.[CaH2]. The van der Waals surface area contributed by atoms with E-state index in [0.29, 0.717) is 6.42 Å². The molecule has 0 aromatic carbocycles. The summed E-state index contributed by atoms with van der Waals surface area (Å²) in [6.07, 6.45) is 6.09. The number of unbranched alkanes of at least 4 members (excludes halogenated alkanes) is 4. The van der Waals surface area contributed by atoms with Crippen molar-refractivity contribution in [2.75, 3.05) is 0 Å². The Labute approximate surface area is 139 Å². The standard InChI is InChI=1S/C13H24O4.Ca.2H/c1-4-5-6-7-8-9-10(2)13(3,11(14)15)12(16)17;;;/h10H,4-9H2,1-3H3,(H,14,15)(H,16,17);;;. The normalized spacial score (nSPS) is 12.6. The van der Waals surface area contributed by atoms with Gasteiger partial charge >= 0.3 is 49.7 Å². The van der Waals surface area contributed by atoms with Gasteiger partial charge in [0.2, 0.25) is 0 Å². The van der Waals surface area contributed by atoms with E-state index in [0.717, 1.165) is 25.7 Å². The Kier molecular flexibility index (Phi) is 11.4. The molecule has 0 spiro atoms. The van der Waals surface area contributed by atoms with E-state index in [-0.39, 0.29) is 43.7 Å². The zero-order valence-corrected chi connectivity index (χ0v) is 11.0. The van der Waals surface area contributed by atoms with Crippen LogP contribution in [0.2, 0.25) is 0 Å². The minimum absolute atomic E-state index is 0. The predicted octanol–water partition coefficient (Wildman–Crippen LogP) is 2.24. The Bertz CT molecular complexity index is 252. The van der Waals surface area contributed by atoms with E-state index in [4.69, 9.17) is 10.2 Å². The first-order valence-electron chi connectivity index (χ1n) is 6.34. The number of rotatable bonds is 9. The number of hydrogen-bond acceptors (Lipinski definition) is 2. The maximum absolute atomic E-state index is 11.1. The average Bonchev–Trinajstić information content (AvgIpc) is 2.26. The van der Waals surface area contributed by atoms with E-state index < -0.39 is 17.4 Å². The predicted molar refractivity (Wildman–Crippen MR) is 74.5 cm³/mol. The van der Waals surface area contributed by atoms with Crippen molar-refractivity contribution in [2.45, 2.75) is 59.3 Å². The number of aliphatic carboxylic acids is 2. The van der Waals surface area contributed by atoms with E-state index in [2.05, 4.69) is 6.92 Å². The fourth-order valence-electron chi connectivity index (χ4n) is 1.86. The molecule has 18 heavy (non-hydrogen) atoms. The van der Waals surface area contributed by atoms with E-state index >= 15 is 0 Å². The number of hydrogen-bond donors (Lipinski definition) is 2. The summed E-state index contributed by atoms with van der Waals surface area (Å²) in [7, 11) is 0. The van der Waals surface area contributed by atoms with Gasteiger partial charge in [-0.15, -0.1) is 0 Å². The van der Waals surface area contributed by atoms with Crippen molar-refractivity contribution in [3.05, 3.63) is 0 Å². The van der Waals surface area contributed by atoms with Crippen LogP contribution in [0.15, 0.2) is 0 Å². The third kappa shape index (κ3) is 5.89.